The molecule has 2 saturated carbocycles. The minimum absolute atomic E-state index is 0.0865. The Kier molecular flexibility index (Phi) is 6.19. The Morgan fingerprint density at radius 2 is 1.54 bits per heavy atom. The second kappa shape index (κ2) is 8.22. The molecule has 0 N–H and O–H groups in total. The summed E-state index contributed by atoms with van der Waals surface area (Å²) >= 11 is 0. The zero-order valence-corrected chi connectivity index (χ0v) is 15.9. The van der Waals surface area contributed by atoms with Crippen molar-refractivity contribution in [3.63, 3.8) is 0 Å². The predicted octanol–water partition coefficient (Wildman–Crippen LogP) is 7.13. The number of alkyl halides is 2. The van der Waals surface area contributed by atoms with Gasteiger partial charge in [-0.2, -0.15) is 8.78 Å². The van der Waals surface area contributed by atoms with Crippen LogP contribution in [0.5, 0.6) is 5.75 Å². The van der Waals surface area contributed by atoms with Crippen molar-refractivity contribution in [2.45, 2.75) is 77.7 Å². The summed E-state index contributed by atoms with van der Waals surface area (Å²) in [4.78, 5) is 0. The molecule has 3 rings (SSSR count). The number of rotatable bonds is 5. The minimum Gasteiger partial charge on any atom is -0.432 e. The van der Waals surface area contributed by atoms with E-state index >= 15 is 0 Å². The van der Waals surface area contributed by atoms with E-state index in [1.54, 1.807) is 6.92 Å². The summed E-state index contributed by atoms with van der Waals surface area (Å²) in [6.45, 7) is 3.93. The molecule has 0 saturated heterocycles. The molecule has 0 amide bonds. The van der Waals surface area contributed by atoms with E-state index in [1.165, 1.54) is 44.2 Å². The van der Waals surface area contributed by atoms with Gasteiger partial charge in [-0.15, -0.1) is 0 Å². The molecule has 4 heteroatoms. The van der Waals surface area contributed by atoms with Gasteiger partial charge in [0.1, 0.15) is 11.6 Å². The van der Waals surface area contributed by atoms with E-state index in [1.807, 2.05) is 0 Å². The Hall–Kier alpha value is -1.19. The highest BCUT2D eigenvalue weighted by Gasteiger charge is 2.44. The summed E-state index contributed by atoms with van der Waals surface area (Å²) < 4.78 is 47.5. The highest BCUT2D eigenvalue weighted by molar-refractivity contribution is 5.28. The lowest BCUT2D eigenvalue weighted by Crippen LogP contribution is -2.37. The van der Waals surface area contributed by atoms with E-state index in [-0.39, 0.29) is 5.75 Å². The van der Waals surface area contributed by atoms with E-state index in [9.17, 15) is 13.2 Å². The highest BCUT2D eigenvalue weighted by Crippen LogP contribution is 2.43. The summed E-state index contributed by atoms with van der Waals surface area (Å²) in [5.41, 5.74) is 0.429. The Morgan fingerprint density at radius 3 is 2.12 bits per heavy atom. The van der Waals surface area contributed by atoms with Crippen molar-refractivity contribution in [2.24, 2.45) is 23.7 Å². The molecule has 146 valence electrons. The van der Waals surface area contributed by atoms with Crippen molar-refractivity contribution in [1.82, 2.24) is 0 Å². The van der Waals surface area contributed by atoms with Crippen molar-refractivity contribution in [3.8, 4) is 5.75 Å². The zero-order valence-electron chi connectivity index (χ0n) is 15.9. The molecular weight excluding hydrogens is 337 g/mol. The van der Waals surface area contributed by atoms with Crippen LogP contribution in [0.3, 0.4) is 0 Å². The number of ether oxygens (including phenoxy) is 1. The highest BCUT2D eigenvalue weighted by atomic mass is 19.3. The summed E-state index contributed by atoms with van der Waals surface area (Å²) in [5, 5.41) is 0. The van der Waals surface area contributed by atoms with Crippen LogP contribution < -0.4 is 4.74 Å². The topological polar surface area (TPSA) is 9.23 Å². The number of benzene rings is 1. The first-order chi connectivity index (χ1) is 12.3. The van der Waals surface area contributed by atoms with Crippen LogP contribution in [0.2, 0.25) is 0 Å². The summed E-state index contributed by atoms with van der Waals surface area (Å²) in [5.74, 6) is 0.858. The number of aryl methyl sites for hydroxylation is 1. The molecule has 1 aromatic carbocycles. The molecule has 2 aliphatic carbocycles. The molecule has 2 aliphatic rings. The van der Waals surface area contributed by atoms with Gasteiger partial charge >= 0.3 is 6.11 Å². The fourth-order valence-electron chi connectivity index (χ4n) is 4.65. The molecule has 0 atom stereocenters. The number of halogens is 3. The molecule has 0 heterocycles. The third-order valence-corrected chi connectivity index (χ3v) is 6.52. The molecule has 0 bridgehead atoms. The quantitative estimate of drug-likeness (QED) is 0.537. The number of hydrogen-bond acceptors (Lipinski definition) is 1. The van der Waals surface area contributed by atoms with Crippen LogP contribution in [0.1, 0.15) is 70.3 Å². The molecule has 0 aromatic heterocycles. The van der Waals surface area contributed by atoms with Crippen molar-refractivity contribution >= 4 is 0 Å². The minimum atomic E-state index is -3.23. The Balaban J connectivity index is 1.49. The normalized spacial score (nSPS) is 30.2. The fourth-order valence-corrected chi connectivity index (χ4v) is 4.65. The molecular formula is C22H31F3O. The summed E-state index contributed by atoms with van der Waals surface area (Å²) in [6, 6.07) is 3.95. The maximum atomic E-state index is 14.5. The number of hydrogen-bond donors (Lipinski definition) is 0. The SMILES string of the molecule is Cc1ccc(OC(F)(F)C2CCC(CC3CCC(C)CC3)CC2)cc1F. The lowest BCUT2D eigenvalue weighted by Gasteiger charge is -2.35. The molecule has 1 nitrogen and oxygen atoms in total. The van der Waals surface area contributed by atoms with Crippen LogP contribution in [-0.4, -0.2) is 6.11 Å². The molecule has 26 heavy (non-hydrogen) atoms. The summed E-state index contributed by atoms with van der Waals surface area (Å²) in [6.07, 6.45) is 5.93. The first-order valence-corrected chi connectivity index (χ1v) is 10.2. The van der Waals surface area contributed by atoms with Crippen LogP contribution in [-0.2, 0) is 0 Å². The third kappa shape index (κ3) is 4.95. The molecule has 0 spiro atoms. The van der Waals surface area contributed by atoms with Gasteiger partial charge in [0.25, 0.3) is 0 Å². The monoisotopic (exact) mass is 368 g/mol. The molecule has 2 fully saturated rings. The molecule has 1 aromatic rings. The zero-order chi connectivity index (χ0) is 18.7. The van der Waals surface area contributed by atoms with Gasteiger partial charge in [-0.3, -0.25) is 0 Å². The summed E-state index contributed by atoms with van der Waals surface area (Å²) in [7, 11) is 0. The smallest absolute Gasteiger partial charge is 0.400 e. The van der Waals surface area contributed by atoms with E-state index < -0.39 is 17.8 Å². The van der Waals surface area contributed by atoms with Gasteiger partial charge in [0.05, 0.1) is 5.92 Å². The second-order valence-corrected chi connectivity index (χ2v) is 8.65. The van der Waals surface area contributed by atoms with Crippen LogP contribution in [0.25, 0.3) is 0 Å². The maximum absolute atomic E-state index is 14.5. The van der Waals surface area contributed by atoms with Gasteiger partial charge in [0.15, 0.2) is 0 Å². The average molecular weight is 368 g/mol. The lowest BCUT2D eigenvalue weighted by molar-refractivity contribution is -0.223. The first-order valence-electron chi connectivity index (χ1n) is 10.2. The van der Waals surface area contributed by atoms with Crippen LogP contribution in [0.4, 0.5) is 13.2 Å². The van der Waals surface area contributed by atoms with Gasteiger partial charge in [0.2, 0.25) is 0 Å². The van der Waals surface area contributed by atoms with Gasteiger partial charge < -0.3 is 4.74 Å². The van der Waals surface area contributed by atoms with Crippen LogP contribution >= 0.6 is 0 Å². The Bertz CT molecular complexity index is 585. The van der Waals surface area contributed by atoms with Crippen molar-refractivity contribution < 1.29 is 17.9 Å². The van der Waals surface area contributed by atoms with Crippen molar-refractivity contribution in [1.29, 1.82) is 0 Å². The van der Waals surface area contributed by atoms with E-state index in [2.05, 4.69) is 6.92 Å². The van der Waals surface area contributed by atoms with Crippen LogP contribution in [0.15, 0.2) is 18.2 Å². The molecule has 0 radical (unpaired) electrons. The maximum Gasteiger partial charge on any atom is 0.400 e. The fraction of sp³-hybridized carbons (Fsp3) is 0.727. The van der Waals surface area contributed by atoms with Gasteiger partial charge in [-0.25, -0.2) is 4.39 Å². The predicted molar refractivity (Wildman–Crippen MR) is 97.9 cm³/mol. The standard InChI is InChI=1S/C22H31F3O/c1-15-3-6-17(7-4-15)13-18-8-10-19(11-9-18)22(24,25)26-20-12-5-16(2)21(23)14-20/h5,12,14-15,17-19H,3-4,6-11,13H2,1-2H3. The largest absolute Gasteiger partial charge is 0.432 e. The first kappa shape index (κ1) is 19.6. The van der Waals surface area contributed by atoms with Gasteiger partial charge in [-0.1, -0.05) is 38.7 Å². The lowest BCUT2D eigenvalue weighted by atomic mass is 9.73. The third-order valence-electron chi connectivity index (χ3n) is 6.52. The van der Waals surface area contributed by atoms with Crippen LogP contribution in [0, 0.1) is 36.4 Å². The van der Waals surface area contributed by atoms with Crippen molar-refractivity contribution in [3.05, 3.63) is 29.6 Å². The van der Waals surface area contributed by atoms with E-state index in [0.717, 1.165) is 30.7 Å². The molecule has 0 unspecified atom stereocenters. The van der Waals surface area contributed by atoms with Gasteiger partial charge in [0, 0.05) is 6.07 Å². The van der Waals surface area contributed by atoms with E-state index in [0.29, 0.717) is 24.3 Å². The Morgan fingerprint density at radius 1 is 0.962 bits per heavy atom. The molecule has 0 aliphatic heterocycles. The van der Waals surface area contributed by atoms with E-state index in [4.69, 9.17) is 4.74 Å². The van der Waals surface area contributed by atoms with Gasteiger partial charge in [-0.05, 0) is 68.4 Å². The second-order valence-electron chi connectivity index (χ2n) is 8.65. The average Bonchev–Trinajstić information content (AvgIpc) is 2.60. The van der Waals surface area contributed by atoms with Crippen molar-refractivity contribution in [2.75, 3.05) is 0 Å². The Labute approximate surface area is 155 Å².